The molecule has 1 aromatic heterocycles. The van der Waals surface area contributed by atoms with Crippen LogP contribution in [0.25, 0.3) is 0 Å². The molecular weight excluding hydrogens is 264 g/mol. The fourth-order valence-electron chi connectivity index (χ4n) is 2.67. The summed E-state index contributed by atoms with van der Waals surface area (Å²) in [6, 6.07) is 10.5. The van der Waals surface area contributed by atoms with Gasteiger partial charge in [0.1, 0.15) is 0 Å². The molecule has 0 unspecified atom stereocenters. The summed E-state index contributed by atoms with van der Waals surface area (Å²) < 4.78 is 5.22. The molecule has 0 saturated carbocycles. The summed E-state index contributed by atoms with van der Waals surface area (Å²) >= 11 is 0. The van der Waals surface area contributed by atoms with Crippen LogP contribution in [0.1, 0.15) is 22.6 Å². The molecule has 5 heteroatoms. The molecule has 0 atom stereocenters. The zero-order chi connectivity index (χ0) is 14.7. The summed E-state index contributed by atoms with van der Waals surface area (Å²) in [6.07, 6.45) is 1.05. The number of rotatable bonds is 2. The van der Waals surface area contributed by atoms with E-state index >= 15 is 0 Å². The van der Waals surface area contributed by atoms with E-state index in [9.17, 15) is 0 Å². The molecular formula is C16H20N4O. The minimum absolute atomic E-state index is 0.603. The molecule has 0 fully saturated rings. The van der Waals surface area contributed by atoms with E-state index in [4.69, 9.17) is 4.52 Å². The lowest BCUT2D eigenvalue weighted by Crippen LogP contribution is -2.43. The maximum absolute atomic E-state index is 5.22. The lowest BCUT2D eigenvalue weighted by Gasteiger charge is -2.31. The first-order chi connectivity index (χ1) is 10.3. The van der Waals surface area contributed by atoms with E-state index in [1.54, 1.807) is 0 Å². The van der Waals surface area contributed by atoms with E-state index in [2.05, 4.69) is 44.6 Å². The van der Waals surface area contributed by atoms with Crippen molar-refractivity contribution >= 4 is 5.96 Å². The number of fused-ring (bicyclic) bond motifs is 1. The van der Waals surface area contributed by atoms with E-state index in [-0.39, 0.29) is 0 Å². The van der Waals surface area contributed by atoms with Crippen LogP contribution in [0.3, 0.4) is 0 Å². The summed E-state index contributed by atoms with van der Waals surface area (Å²) in [4.78, 5) is 6.65. The average Bonchev–Trinajstić information content (AvgIpc) is 2.93. The molecule has 0 bridgehead atoms. The van der Waals surface area contributed by atoms with Crippen molar-refractivity contribution in [1.82, 2.24) is 15.4 Å². The monoisotopic (exact) mass is 284 g/mol. The van der Waals surface area contributed by atoms with Crippen molar-refractivity contribution in [3.05, 3.63) is 52.9 Å². The van der Waals surface area contributed by atoms with E-state index in [1.165, 1.54) is 11.1 Å². The van der Waals surface area contributed by atoms with Gasteiger partial charge in [0, 0.05) is 26.2 Å². The molecule has 5 nitrogen and oxygen atoms in total. The van der Waals surface area contributed by atoms with E-state index in [0.29, 0.717) is 6.54 Å². The molecule has 1 aromatic carbocycles. The number of benzene rings is 1. The quantitative estimate of drug-likeness (QED) is 0.678. The maximum atomic E-state index is 5.22. The number of hydrogen-bond acceptors (Lipinski definition) is 3. The Kier molecular flexibility index (Phi) is 3.90. The van der Waals surface area contributed by atoms with Gasteiger partial charge in [-0.15, -0.1) is 0 Å². The van der Waals surface area contributed by atoms with E-state index < -0.39 is 0 Å². The number of nitrogens with one attached hydrogen (secondary N) is 1. The first-order valence-electron chi connectivity index (χ1n) is 7.21. The Balaban J connectivity index is 1.65. The first kappa shape index (κ1) is 13.7. The number of aryl methyl sites for hydroxylation is 1. The molecule has 2 heterocycles. The van der Waals surface area contributed by atoms with Crippen LogP contribution in [-0.2, 0) is 19.5 Å². The number of hydrogen-bond donors (Lipinski definition) is 1. The second-order valence-electron chi connectivity index (χ2n) is 5.28. The Morgan fingerprint density at radius 2 is 2.19 bits per heavy atom. The van der Waals surface area contributed by atoms with Crippen LogP contribution < -0.4 is 5.32 Å². The van der Waals surface area contributed by atoms with Gasteiger partial charge in [0.2, 0.25) is 0 Å². The fourth-order valence-corrected chi connectivity index (χ4v) is 2.67. The van der Waals surface area contributed by atoms with Crippen LogP contribution in [0, 0.1) is 6.92 Å². The van der Waals surface area contributed by atoms with Crippen molar-refractivity contribution in [1.29, 1.82) is 0 Å². The zero-order valence-corrected chi connectivity index (χ0v) is 12.5. The van der Waals surface area contributed by atoms with Gasteiger partial charge < -0.3 is 14.7 Å². The molecule has 21 heavy (non-hydrogen) atoms. The second kappa shape index (κ2) is 5.99. The first-order valence-corrected chi connectivity index (χ1v) is 7.21. The molecule has 0 saturated heterocycles. The molecule has 2 aromatic rings. The lowest BCUT2D eigenvalue weighted by molar-refractivity contribution is 0.359. The topological polar surface area (TPSA) is 53.7 Å². The highest BCUT2D eigenvalue weighted by atomic mass is 16.5. The third kappa shape index (κ3) is 3.07. The number of guanidine groups is 1. The number of aliphatic imine (C=N–C) groups is 1. The Labute approximate surface area is 124 Å². The van der Waals surface area contributed by atoms with Gasteiger partial charge >= 0.3 is 0 Å². The van der Waals surface area contributed by atoms with Gasteiger partial charge in [-0.1, -0.05) is 29.4 Å². The van der Waals surface area contributed by atoms with Gasteiger partial charge in [0.25, 0.3) is 0 Å². The summed E-state index contributed by atoms with van der Waals surface area (Å²) in [5.74, 6) is 1.73. The standard InChI is InChI=1S/C16H20N4O/c1-12-9-15(21-19-12)10-18-16(17-2)20-8-7-13-5-3-4-6-14(13)11-20/h3-6,9H,7-8,10-11H2,1-2H3,(H,17,18). The molecule has 1 aliphatic heterocycles. The van der Waals surface area contributed by atoms with Crippen LogP contribution in [-0.4, -0.2) is 29.6 Å². The van der Waals surface area contributed by atoms with Crippen molar-refractivity contribution in [3.63, 3.8) is 0 Å². The normalized spacial score (nSPS) is 15.0. The van der Waals surface area contributed by atoms with Crippen molar-refractivity contribution < 1.29 is 4.52 Å². The van der Waals surface area contributed by atoms with Gasteiger partial charge in [-0.05, 0) is 24.5 Å². The highest BCUT2D eigenvalue weighted by molar-refractivity contribution is 5.80. The summed E-state index contributed by atoms with van der Waals surface area (Å²) in [6.45, 7) is 4.40. The number of aromatic nitrogens is 1. The lowest BCUT2D eigenvalue weighted by atomic mass is 10.0. The smallest absolute Gasteiger partial charge is 0.194 e. The third-order valence-electron chi connectivity index (χ3n) is 3.74. The van der Waals surface area contributed by atoms with Crippen LogP contribution in [0.15, 0.2) is 39.8 Å². The molecule has 3 rings (SSSR count). The minimum atomic E-state index is 0.603. The Hall–Kier alpha value is -2.30. The molecule has 0 spiro atoms. The zero-order valence-electron chi connectivity index (χ0n) is 12.5. The van der Waals surface area contributed by atoms with Crippen LogP contribution in [0.4, 0.5) is 0 Å². The summed E-state index contributed by atoms with van der Waals surface area (Å²) in [5, 5.41) is 7.24. The van der Waals surface area contributed by atoms with Gasteiger partial charge in [-0.25, -0.2) is 0 Å². The largest absolute Gasteiger partial charge is 0.359 e. The van der Waals surface area contributed by atoms with Crippen molar-refractivity contribution in [2.45, 2.75) is 26.4 Å². The molecule has 1 N–H and O–H groups in total. The summed E-state index contributed by atoms with van der Waals surface area (Å²) in [7, 11) is 1.81. The fraction of sp³-hybridized carbons (Fsp3) is 0.375. The second-order valence-corrected chi connectivity index (χ2v) is 5.28. The van der Waals surface area contributed by atoms with Crippen molar-refractivity contribution in [3.8, 4) is 0 Å². The average molecular weight is 284 g/mol. The Morgan fingerprint density at radius 3 is 2.90 bits per heavy atom. The summed E-state index contributed by atoms with van der Waals surface area (Å²) in [5.41, 5.74) is 3.71. The predicted molar refractivity (Wildman–Crippen MR) is 82.0 cm³/mol. The van der Waals surface area contributed by atoms with Crippen LogP contribution in [0.5, 0.6) is 0 Å². The predicted octanol–water partition coefficient (Wildman–Crippen LogP) is 2.12. The van der Waals surface area contributed by atoms with E-state index in [1.807, 2.05) is 20.0 Å². The molecule has 0 radical (unpaired) electrons. The SMILES string of the molecule is CN=C(NCc1cc(C)no1)N1CCc2ccccc2C1. The Morgan fingerprint density at radius 1 is 1.38 bits per heavy atom. The molecule has 0 aliphatic carbocycles. The van der Waals surface area contributed by atoms with Gasteiger partial charge in [0.15, 0.2) is 11.7 Å². The van der Waals surface area contributed by atoms with Crippen molar-refractivity contribution in [2.75, 3.05) is 13.6 Å². The van der Waals surface area contributed by atoms with Gasteiger partial charge in [-0.3, -0.25) is 4.99 Å². The maximum Gasteiger partial charge on any atom is 0.194 e. The highest BCUT2D eigenvalue weighted by Gasteiger charge is 2.18. The Bertz CT molecular complexity index is 647. The minimum Gasteiger partial charge on any atom is -0.359 e. The molecule has 0 amide bonds. The highest BCUT2D eigenvalue weighted by Crippen LogP contribution is 2.18. The molecule has 110 valence electrons. The van der Waals surface area contributed by atoms with Crippen LogP contribution >= 0.6 is 0 Å². The number of nitrogens with zero attached hydrogens (tertiary/aromatic N) is 3. The van der Waals surface area contributed by atoms with Crippen LogP contribution in [0.2, 0.25) is 0 Å². The van der Waals surface area contributed by atoms with Crippen molar-refractivity contribution in [2.24, 2.45) is 4.99 Å². The van der Waals surface area contributed by atoms with E-state index in [0.717, 1.165) is 36.9 Å². The van der Waals surface area contributed by atoms with Gasteiger partial charge in [0.05, 0.1) is 12.2 Å². The van der Waals surface area contributed by atoms with Gasteiger partial charge in [-0.2, -0.15) is 0 Å². The third-order valence-corrected chi connectivity index (χ3v) is 3.74. The molecule has 1 aliphatic rings.